The minimum Gasteiger partial charge on any atom is -0.396 e. The number of carbonyl (C=O) groups is 3. The van der Waals surface area contributed by atoms with Crippen molar-refractivity contribution in [1.82, 2.24) is 15.5 Å². The Bertz CT molecular complexity index is 591. The number of hydrogen-bond acceptors (Lipinski definition) is 4. The van der Waals surface area contributed by atoms with Gasteiger partial charge in [0.1, 0.15) is 6.04 Å². The molecule has 0 radical (unpaired) electrons. The van der Waals surface area contributed by atoms with Crippen molar-refractivity contribution < 1.29 is 19.5 Å². The second kappa shape index (κ2) is 11.7. The lowest BCUT2D eigenvalue weighted by atomic mass is 9.90. The van der Waals surface area contributed by atoms with Gasteiger partial charge in [0.05, 0.1) is 5.92 Å². The standard InChI is InChI=1S/C23H41N3O4/c1-5-7-19(18(11-13-27)22(29)24-17-8-9-17)25-23(30)21-16(6-2)10-12-26(21)20(28)14-15(3)4/h15-19,21,27H,5-14H2,1-4H3,(H,24,29)(H,25,30)/t16?,18?,19-,21-/m0/s1. The summed E-state index contributed by atoms with van der Waals surface area (Å²) in [4.78, 5) is 40.7. The second-order valence-electron chi connectivity index (χ2n) is 9.39. The molecule has 1 heterocycles. The van der Waals surface area contributed by atoms with Gasteiger partial charge in [-0.2, -0.15) is 0 Å². The predicted octanol–water partition coefficient (Wildman–Crippen LogP) is 2.22. The molecule has 1 aliphatic carbocycles. The highest BCUT2D eigenvalue weighted by atomic mass is 16.3. The topological polar surface area (TPSA) is 98.7 Å². The third-order valence-electron chi connectivity index (χ3n) is 6.33. The molecule has 0 aromatic heterocycles. The van der Waals surface area contributed by atoms with Gasteiger partial charge in [0.25, 0.3) is 0 Å². The molecular weight excluding hydrogens is 382 g/mol. The number of aliphatic hydroxyl groups excluding tert-OH is 1. The fraction of sp³-hybridized carbons (Fsp3) is 0.870. The van der Waals surface area contributed by atoms with Crippen LogP contribution in [-0.4, -0.2) is 59.0 Å². The van der Waals surface area contributed by atoms with Crippen LogP contribution in [0.15, 0.2) is 0 Å². The fourth-order valence-electron chi connectivity index (χ4n) is 4.53. The normalized spacial score (nSPS) is 23.3. The summed E-state index contributed by atoms with van der Waals surface area (Å²) in [5.74, 6) is -0.282. The van der Waals surface area contributed by atoms with Gasteiger partial charge in [-0.1, -0.05) is 40.5 Å². The maximum absolute atomic E-state index is 13.4. The van der Waals surface area contributed by atoms with E-state index in [1.165, 1.54) is 0 Å². The van der Waals surface area contributed by atoms with E-state index in [-0.39, 0.29) is 48.2 Å². The average molecular weight is 424 g/mol. The molecule has 3 N–H and O–H groups in total. The van der Waals surface area contributed by atoms with Crippen molar-refractivity contribution in [1.29, 1.82) is 0 Å². The van der Waals surface area contributed by atoms with Crippen LogP contribution in [0.25, 0.3) is 0 Å². The van der Waals surface area contributed by atoms with E-state index in [0.717, 1.165) is 32.1 Å². The summed E-state index contributed by atoms with van der Waals surface area (Å²) in [5.41, 5.74) is 0. The molecule has 0 bridgehead atoms. The lowest BCUT2D eigenvalue weighted by Crippen LogP contribution is -2.54. The smallest absolute Gasteiger partial charge is 0.243 e. The molecule has 2 aliphatic rings. The Hall–Kier alpha value is -1.63. The largest absolute Gasteiger partial charge is 0.396 e. The summed E-state index contributed by atoms with van der Waals surface area (Å²) in [7, 11) is 0. The van der Waals surface area contributed by atoms with Crippen LogP contribution in [0.5, 0.6) is 0 Å². The third kappa shape index (κ3) is 6.69. The van der Waals surface area contributed by atoms with Crippen LogP contribution < -0.4 is 10.6 Å². The van der Waals surface area contributed by atoms with Crippen molar-refractivity contribution in [2.45, 2.75) is 97.2 Å². The van der Waals surface area contributed by atoms with E-state index in [0.29, 0.717) is 25.8 Å². The number of amides is 3. The molecule has 7 heteroatoms. The molecule has 0 aromatic carbocycles. The lowest BCUT2D eigenvalue weighted by molar-refractivity contribution is -0.141. The van der Waals surface area contributed by atoms with Gasteiger partial charge in [-0.05, 0) is 43.9 Å². The highest BCUT2D eigenvalue weighted by molar-refractivity contribution is 5.89. The van der Waals surface area contributed by atoms with Crippen molar-refractivity contribution in [3.8, 4) is 0 Å². The zero-order valence-corrected chi connectivity index (χ0v) is 19.2. The number of nitrogens with zero attached hydrogens (tertiary/aromatic N) is 1. The first-order chi connectivity index (χ1) is 14.3. The van der Waals surface area contributed by atoms with Crippen molar-refractivity contribution >= 4 is 17.7 Å². The van der Waals surface area contributed by atoms with E-state index in [9.17, 15) is 19.5 Å². The minimum absolute atomic E-state index is 0.0338. The molecule has 0 aromatic rings. The first-order valence-electron chi connectivity index (χ1n) is 11.8. The SMILES string of the molecule is CCC[C@H](NC(=O)[C@@H]1C(CC)CCN1C(=O)CC(C)C)C(CCO)C(=O)NC1CC1. The number of carbonyl (C=O) groups excluding carboxylic acids is 3. The first kappa shape index (κ1) is 24.6. The van der Waals surface area contributed by atoms with Crippen LogP contribution >= 0.6 is 0 Å². The fourth-order valence-corrected chi connectivity index (χ4v) is 4.53. The van der Waals surface area contributed by atoms with E-state index in [1.807, 2.05) is 20.8 Å². The van der Waals surface area contributed by atoms with Gasteiger partial charge < -0.3 is 20.6 Å². The Morgan fingerprint density at radius 2 is 1.80 bits per heavy atom. The third-order valence-corrected chi connectivity index (χ3v) is 6.33. The molecule has 172 valence electrons. The zero-order valence-electron chi connectivity index (χ0n) is 19.2. The molecule has 1 saturated carbocycles. The van der Waals surface area contributed by atoms with E-state index in [2.05, 4.69) is 17.6 Å². The zero-order chi connectivity index (χ0) is 22.3. The Balaban J connectivity index is 2.14. The molecule has 2 unspecified atom stereocenters. The lowest BCUT2D eigenvalue weighted by Gasteiger charge is -2.32. The Kier molecular flexibility index (Phi) is 9.59. The van der Waals surface area contributed by atoms with E-state index >= 15 is 0 Å². The van der Waals surface area contributed by atoms with Crippen LogP contribution in [0.1, 0.15) is 79.1 Å². The number of hydrogen-bond donors (Lipinski definition) is 3. The Morgan fingerprint density at radius 3 is 2.33 bits per heavy atom. The van der Waals surface area contributed by atoms with E-state index in [4.69, 9.17) is 0 Å². The molecule has 4 atom stereocenters. The number of rotatable bonds is 12. The number of aliphatic hydroxyl groups is 1. The van der Waals surface area contributed by atoms with Gasteiger partial charge in [0.2, 0.25) is 17.7 Å². The van der Waals surface area contributed by atoms with Crippen LogP contribution in [0.2, 0.25) is 0 Å². The molecule has 1 saturated heterocycles. The molecule has 3 amide bonds. The second-order valence-corrected chi connectivity index (χ2v) is 9.39. The monoisotopic (exact) mass is 423 g/mol. The first-order valence-corrected chi connectivity index (χ1v) is 11.8. The summed E-state index contributed by atoms with van der Waals surface area (Å²) in [6, 6.07) is -0.574. The molecule has 2 fully saturated rings. The van der Waals surface area contributed by atoms with Gasteiger partial charge in [-0.15, -0.1) is 0 Å². The van der Waals surface area contributed by atoms with Crippen molar-refractivity contribution in [2.75, 3.05) is 13.2 Å². The molecular formula is C23H41N3O4. The molecule has 0 spiro atoms. The van der Waals surface area contributed by atoms with Gasteiger partial charge in [0.15, 0.2) is 0 Å². The molecule has 2 rings (SSSR count). The summed E-state index contributed by atoms with van der Waals surface area (Å²) >= 11 is 0. The number of likely N-dealkylation sites (tertiary alicyclic amines) is 1. The molecule has 1 aliphatic heterocycles. The Morgan fingerprint density at radius 1 is 1.10 bits per heavy atom. The predicted molar refractivity (Wildman–Crippen MR) is 117 cm³/mol. The van der Waals surface area contributed by atoms with Gasteiger partial charge >= 0.3 is 0 Å². The van der Waals surface area contributed by atoms with E-state index in [1.54, 1.807) is 4.90 Å². The van der Waals surface area contributed by atoms with Gasteiger partial charge in [-0.25, -0.2) is 0 Å². The summed E-state index contributed by atoms with van der Waals surface area (Å²) < 4.78 is 0. The van der Waals surface area contributed by atoms with Gasteiger partial charge in [-0.3, -0.25) is 14.4 Å². The highest BCUT2D eigenvalue weighted by Crippen LogP contribution is 2.29. The summed E-state index contributed by atoms with van der Waals surface area (Å²) in [5, 5.41) is 15.7. The molecule has 7 nitrogen and oxygen atoms in total. The summed E-state index contributed by atoms with van der Waals surface area (Å²) in [6.07, 6.45) is 5.91. The van der Waals surface area contributed by atoms with Crippen LogP contribution in [-0.2, 0) is 14.4 Å². The Labute approximate surface area is 181 Å². The quantitative estimate of drug-likeness (QED) is 0.448. The van der Waals surface area contributed by atoms with Crippen molar-refractivity contribution in [3.63, 3.8) is 0 Å². The maximum atomic E-state index is 13.4. The maximum Gasteiger partial charge on any atom is 0.243 e. The van der Waals surface area contributed by atoms with Crippen molar-refractivity contribution in [3.05, 3.63) is 0 Å². The van der Waals surface area contributed by atoms with Crippen LogP contribution in [0, 0.1) is 17.8 Å². The molecule has 30 heavy (non-hydrogen) atoms. The van der Waals surface area contributed by atoms with Crippen LogP contribution in [0.3, 0.4) is 0 Å². The van der Waals surface area contributed by atoms with E-state index < -0.39 is 12.0 Å². The number of nitrogens with one attached hydrogen (secondary N) is 2. The minimum atomic E-state index is -0.470. The average Bonchev–Trinajstić information content (AvgIpc) is 3.38. The highest BCUT2D eigenvalue weighted by Gasteiger charge is 2.42. The van der Waals surface area contributed by atoms with Gasteiger partial charge in [0, 0.05) is 31.7 Å². The van der Waals surface area contributed by atoms with Crippen LogP contribution in [0.4, 0.5) is 0 Å². The summed E-state index contributed by atoms with van der Waals surface area (Å²) in [6.45, 7) is 8.62. The van der Waals surface area contributed by atoms with Crippen molar-refractivity contribution in [2.24, 2.45) is 17.8 Å².